The maximum Gasteiger partial charge on any atom is 0.108 e. The molecule has 0 aromatic heterocycles. The van der Waals surface area contributed by atoms with Gasteiger partial charge < -0.3 is 9.80 Å². The third-order valence-corrected chi connectivity index (χ3v) is 6.96. The van der Waals surface area contributed by atoms with Crippen LogP contribution in [0.25, 0.3) is 0 Å². The van der Waals surface area contributed by atoms with E-state index in [-0.39, 0.29) is 0 Å². The summed E-state index contributed by atoms with van der Waals surface area (Å²) in [5.41, 5.74) is 6.01. The lowest BCUT2D eigenvalue weighted by Gasteiger charge is -2.41. The smallest absolute Gasteiger partial charge is 0.108 e. The molecule has 2 fully saturated rings. The first-order valence-electron chi connectivity index (χ1n) is 10.5. The van der Waals surface area contributed by atoms with Gasteiger partial charge in [0, 0.05) is 30.0 Å². The molecular formula is C23H34N2. The van der Waals surface area contributed by atoms with Crippen LogP contribution >= 0.6 is 0 Å². The van der Waals surface area contributed by atoms with Gasteiger partial charge in [-0.05, 0) is 57.1 Å². The molecule has 0 bridgehead atoms. The van der Waals surface area contributed by atoms with Crippen LogP contribution < -0.4 is 4.90 Å². The molecular weight excluding hydrogens is 304 g/mol. The van der Waals surface area contributed by atoms with E-state index in [1.54, 1.807) is 5.70 Å². The predicted octanol–water partition coefficient (Wildman–Crippen LogP) is 6.07. The van der Waals surface area contributed by atoms with E-state index < -0.39 is 0 Å². The molecule has 0 amide bonds. The zero-order chi connectivity index (χ0) is 17.4. The third-order valence-electron chi connectivity index (χ3n) is 6.96. The van der Waals surface area contributed by atoms with Crippen LogP contribution in [0.2, 0.25) is 0 Å². The molecule has 2 nitrogen and oxygen atoms in total. The van der Waals surface area contributed by atoms with Crippen LogP contribution in [0.5, 0.6) is 0 Å². The lowest BCUT2D eigenvalue weighted by atomic mass is 9.86. The van der Waals surface area contributed by atoms with Gasteiger partial charge in [-0.1, -0.05) is 50.3 Å². The molecule has 1 aromatic rings. The molecule has 1 atom stereocenters. The van der Waals surface area contributed by atoms with Crippen LogP contribution in [0, 0.1) is 18.8 Å². The molecule has 25 heavy (non-hydrogen) atoms. The normalized spacial score (nSPS) is 26.1. The molecule has 0 saturated heterocycles. The first-order chi connectivity index (χ1) is 12.2. The maximum atomic E-state index is 2.71. The summed E-state index contributed by atoms with van der Waals surface area (Å²) in [6.07, 6.45) is 13.2. The van der Waals surface area contributed by atoms with E-state index in [4.69, 9.17) is 0 Å². The van der Waals surface area contributed by atoms with Crippen LogP contribution in [0.15, 0.2) is 35.7 Å². The van der Waals surface area contributed by atoms with Crippen molar-refractivity contribution in [3.8, 4) is 0 Å². The Morgan fingerprint density at radius 3 is 2.16 bits per heavy atom. The van der Waals surface area contributed by atoms with E-state index >= 15 is 0 Å². The van der Waals surface area contributed by atoms with Crippen molar-refractivity contribution in [2.45, 2.75) is 77.8 Å². The fourth-order valence-corrected chi connectivity index (χ4v) is 5.79. The van der Waals surface area contributed by atoms with Gasteiger partial charge in [-0.3, -0.25) is 0 Å². The lowest BCUT2D eigenvalue weighted by molar-refractivity contribution is 0.183. The SMILES string of the molecule is CC1=C(C2CCCC2)N(C)C(C2CCCCC2)N1c1ccccc1C. The zero-order valence-corrected chi connectivity index (χ0v) is 16.3. The van der Waals surface area contributed by atoms with Crippen molar-refractivity contribution in [3.05, 3.63) is 41.2 Å². The first kappa shape index (κ1) is 17.0. The number of benzene rings is 1. The standard InChI is InChI=1S/C23H34N2/c1-17-11-7-10-16-21(17)25-18(2)22(19-12-8-9-13-19)24(3)23(25)20-14-5-4-6-15-20/h7,10-11,16,19-20,23H,4-6,8-9,12-15H2,1-3H3. The number of rotatable bonds is 3. The Hall–Kier alpha value is -1.44. The second-order valence-corrected chi connectivity index (χ2v) is 8.53. The quantitative estimate of drug-likeness (QED) is 0.659. The molecule has 2 saturated carbocycles. The third kappa shape index (κ3) is 2.98. The van der Waals surface area contributed by atoms with E-state index in [9.17, 15) is 0 Å². The Labute approximate surface area is 153 Å². The first-order valence-corrected chi connectivity index (χ1v) is 10.5. The highest BCUT2D eigenvalue weighted by atomic mass is 15.4. The summed E-state index contributed by atoms with van der Waals surface area (Å²) in [6, 6.07) is 8.99. The molecule has 0 spiro atoms. The van der Waals surface area contributed by atoms with Crippen LogP contribution in [-0.2, 0) is 0 Å². The molecule has 4 rings (SSSR count). The van der Waals surface area contributed by atoms with Gasteiger partial charge in [-0.2, -0.15) is 0 Å². The minimum Gasteiger partial charge on any atom is -0.355 e. The zero-order valence-electron chi connectivity index (χ0n) is 16.3. The minimum atomic E-state index is 0.525. The number of aryl methyl sites for hydroxylation is 1. The Balaban J connectivity index is 1.75. The van der Waals surface area contributed by atoms with E-state index in [1.807, 2.05) is 0 Å². The number of hydrogen-bond donors (Lipinski definition) is 0. The van der Waals surface area contributed by atoms with Crippen molar-refractivity contribution < 1.29 is 0 Å². The van der Waals surface area contributed by atoms with Gasteiger partial charge >= 0.3 is 0 Å². The minimum absolute atomic E-state index is 0.525. The van der Waals surface area contributed by atoms with Gasteiger partial charge in [0.2, 0.25) is 0 Å². The van der Waals surface area contributed by atoms with E-state index in [0.29, 0.717) is 6.17 Å². The monoisotopic (exact) mass is 338 g/mol. The topological polar surface area (TPSA) is 6.48 Å². The lowest BCUT2D eigenvalue weighted by Crippen LogP contribution is -2.45. The summed E-state index contributed by atoms with van der Waals surface area (Å²) in [5.74, 6) is 1.58. The molecule has 0 radical (unpaired) electrons. The molecule has 136 valence electrons. The summed E-state index contributed by atoms with van der Waals surface area (Å²) in [5, 5.41) is 0. The highest BCUT2D eigenvalue weighted by Crippen LogP contribution is 2.46. The number of para-hydroxylation sites is 1. The highest BCUT2D eigenvalue weighted by molar-refractivity contribution is 5.61. The largest absolute Gasteiger partial charge is 0.355 e. The van der Waals surface area contributed by atoms with Crippen LogP contribution in [0.3, 0.4) is 0 Å². The maximum absolute atomic E-state index is 2.71. The van der Waals surface area contributed by atoms with Gasteiger partial charge in [0.05, 0.1) is 0 Å². The van der Waals surface area contributed by atoms with Crippen molar-refractivity contribution in [1.29, 1.82) is 0 Å². The number of nitrogens with zero attached hydrogens (tertiary/aromatic N) is 2. The Bertz CT molecular complexity index is 635. The second-order valence-electron chi connectivity index (χ2n) is 8.53. The van der Waals surface area contributed by atoms with Crippen molar-refractivity contribution in [3.63, 3.8) is 0 Å². The molecule has 3 aliphatic rings. The Kier molecular flexibility index (Phi) is 4.80. The summed E-state index contributed by atoms with van der Waals surface area (Å²) >= 11 is 0. The van der Waals surface area contributed by atoms with Gasteiger partial charge in [-0.25, -0.2) is 0 Å². The Morgan fingerprint density at radius 1 is 0.840 bits per heavy atom. The fourth-order valence-electron chi connectivity index (χ4n) is 5.79. The molecule has 1 unspecified atom stereocenters. The van der Waals surface area contributed by atoms with Crippen molar-refractivity contribution in [2.75, 3.05) is 11.9 Å². The average molecular weight is 339 g/mol. The second kappa shape index (κ2) is 7.05. The molecule has 0 N–H and O–H groups in total. The molecule has 2 heteroatoms. The molecule has 2 aliphatic carbocycles. The average Bonchev–Trinajstić information content (AvgIpc) is 3.23. The van der Waals surface area contributed by atoms with Gasteiger partial charge in [0.15, 0.2) is 0 Å². The summed E-state index contributed by atoms with van der Waals surface area (Å²) in [4.78, 5) is 5.40. The van der Waals surface area contributed by atoms with Crippen LogP contribution in [0.4, 0.5) is 5.69 Å². The van der Waals surface area contributed by atoms with E-state index in [1.165, 1.54) is 74.7 Å². The highest BCUT2D eigenvalue weighted by Gasteiger charge is 2.42. The van der Waals surface area contributed by atoms with E-state index in [0.717, 1.165) is 11.8 Å². The number of hydrogen-bond acceptors (Lipinski definition) is 2. The van der Waals surface area contributed by atoms with Gasteiger partial charge in [-0.15, -0.1) is 0 Å². The molecule has 1 heterocycles. The van der Waals surface area contributed by atoms with Crippen LogP contribution in [-0.4, -0.2) is 18.1 Å². The summed E-state index contributed by atoms with van der Waals surface area (Å²) < 4.78 is 0. The van der Waals surface area contributed by atoms with E-state index in [2.05, 4.69) is 55.0 Å². The number of allylic oxidation sites excluding steroid dienone is 2. The summed E-state index contributed by atoms with van der Waals surface area (Å²) in [7, 11) is 2.38. The van der Waals surface area contributed by atoms with Crippen molar-refractivity contribution >= 4 is 5.69 Å². The van der Waals surface area contributed by atoms with Gasteiger partial charge in [0.25, 0.3) is 0 Å². The van der Waals surface area contributed by atoms with Crippen molar-refractivity contribution in [1.82, 2.24) is 4.90 Å². The molecule has 1 aromatic carbocycles. The van der Waals surface area contributed by atoms with Crippen LogP contribution in [0.1, 0.15) is 70.3 Å². The predicted molar refractivity (Wildman–Crippen MR) is 106 cm³/mol. The molecule has 1 aliphatic heterocycles. The summed E-state index contributed by atoms with van der Waals surface area (Å²) in [6.45, 7) is 4.66. The Morgan fingerprint density at radius 2 is 1.48 bits per heavy atom. The van der Waals surface area contributed by atoms with Crippen molar-refractivity contribution in [2.24, 2.45) is 11.8 Å². The van der Waals surface area contributed by atoms with Gasteiger partial charge in [0.1, 0.15) is 6.17 Å². The number of anilines is 1. The fraction of sp³-hybridized carbons (Fsp3) is 0.652.